The van der Waals surface area contributed by atoms with Crippen molar-refractivity contribution in [3.63, 3.8) is 0 Å². The van der Waals surface area contributed by atoms with Crippen molar-refractivity contribution in [2.24, 2.45) is 5.92 Å². The van der Waals surface area contributed by atoms with Crippen molar-refractivity contribution in [1.82, 2.24) is 0 Å². The first-order valence-electron chi connectivity index (χ1n) is 6.53. The van der Waals surface area contributed by atoms with Gasteiger partial charge in [-0.3, -0.25) is 4.79 Å². The number of benzene rings is 1. The number of ether oxygens (including phenoxy) is 2. The van der Waals surface area contributed by atoms with Crippen LogP contribution in [-0.4, -0.2) is 29.4 Å². The van der Waals surface area contributed by atoms with Gasteiger partial charge in [0.25, 0.3) is 0 Å². The number of carbonyl (C=O) groups is 1. The van der Waals surface area contributed by atoms with Gasteiger partial charge in [-0.1, -0.05) is 13.0 Å². The summed E-state index contributed by atoms with van der Waals surface area (Å²) in [5, 5.41) is 19.1. The van der Waals surface area contributed by atoms with Crippen molar-refractivity contribution < 1.29 is 33.3 Å². The Morgan fingerprint density at radius 2 is 1.95 bits per heavy atom. The highest BCUT2D eigenvalue weighted by atomic mass is 19.3. The van der Waals surface area contributed by atoms with Gasteiger partial charge in [0.2, 0.25) is 0 Å². The number of aliphatic hydroxyl groups excluding tert-OH is 1. The molecule has 118 valence electrons. The third-order valence-corrected chi connectivity index (χ3v) is 2.96. The van der Waals surface area contributed by atoms with Gasteiger partial charge in [-0.15, -0.1) is 0 Å². The average Bonchev–Trinajstić information content (AvgIpc) is 2.40. The molecule has 0 fully saturated rings. The smallest absolute Gasteiger partial charge is 0.387 e. The van der Waals surface area contributed by atoms with Crippen molar-refractivity contribution in [2.75, 3.05) is 6.61 Å². The lowest BCUT2D eigenvalue weighted by molar-refractivity contribution is -0.146. The van der Waals surface area contributed by atoms with Gasteiger partial charge in [0.15, 0.2) is 11.5 Å². The van der Waals surface area contributed by atoms with E-state index in [0.717, 1.165) is 0 Å². The summed E-state index contributed by atoms with van der Waals surface area (Å²) in [5.74, 6) is -2.24. The lowest BCUT2D eigenvalue weighted by atomic mass is 9.93. The van der Waals surface area contributed by atoms with Crippen LogP contribution in [0.3, 0.4) is 0 Å². The van der Waals surface area contributed by atoms with Crippen LogP contribution in [0.15, 0.2) is 18.2 Å². The molecule has 0 aromatic heterocycles. The number of carboxylic acid groups (broad SMARTS) is 1. The molecule has 0 aliphatic carbocycles. The molecular weight excluding hydrogens is 286 g/mol. The summed E-state index contributed by atoms with van der Waals surface area (Å²) in [6, 6.07) is 3.89. The van der Waals surface area contributed by atoms with Crippen LogP contribution in [0.4, 0.5) is 8.78 Å². The Kier molecular flexibility index (Phi) is 6.36. The fourth-order valence-electron chi connectivity index (χ4n) is 1.94. The van der Waals surface area contributed by atoms with Gasteiger partial charge in [0.1, 0.15) is 0 Å². The Morgan fingerprint density at radius 3 is 2.43 bits per heavy atom. The number of carboxylic acids is 1. The molecular formula is C14H18F2O5. The Morgan fingerprint density at radius 1 is 1.29 bits per heavy atom. The maximum Gasteiger partial charge on any atom is 0.387 e. The minimum Gasteiger partial charge on any atom is -0.490 e. The minimum atomic E-state index is -3.00. The predicted molar refractivity (Wildman–Crippen MR) is 70.6 cm³/mol. The van der Waals surface area contributed by atoms with E-state index in [4.69, 9.17) is 9.84 Å². The van der Waals surface area contributed by atoms with Gasteiger partial charge in [-0.25, -0.2) is 0 Å². The molecule has 0 amide bonds. The normalized spacial score (nSPS) is 13.8. The lowest BCUT2D eigenvalue weighted by Crippen LogP contribution is -2.21. The van der Waals surface area contributed by atoms with Gasteiger partial charge in [-0.05, 0) is 31.0 Å². The second-order valence-corrected chi connectivity index (χ2v) is 4.32. The van der Waals surface area contributed by atoms with Crippen LogP contribution in [0, 0.1) is 5.92 Å². The summed E-state index contributed by atoms with van der Waals surface area (Å²) in [5.41, 5.74) is 0.273. The van der Waals surface area contributed by atoms with Crippen LogP contribution in [0.5, 0.6) is 11.5 Å². The molecule has 0 heterocycles. The summed E-state index contributed by atoms with van der Waals surface area (Å²) in [6.07, 6.45) is -1.03. The Hall–Kier alpha value is -1.89. The zero-order valence-electron chi connectivity index (χ0n) is 11.8. The Bertz CT molecular complexity index is 478. The third-order valence-electron chi connectivity index (χ3n) is 2.96. The van der Waals surface area contributed by atoms with Crippen molar-refractivity contribution in [3.8, 4) is 11.5 Å². The maximum absolute atomic E-state index is 12.3. The third kappa shape index (κ3) is 4.56. The first-order chi connectivity index (χ1) is 9.90. The van der Waals surface area contributed by atoms with Gasteiger partial charge < -0.3 is 19.7 Å². The minimum absolute atomic E-state index is 0.0367. The average molecular weight is 304 g/mol. The van der Waals surface area contributed by atoms with E-state index >= 15 is 0 Å². The second kappa shape index (κ2) is 7.78. The monoisotopic (exact) mass is 304 g/mol. The number of hydrogen-bond acceptors (Lipinski definition) is 4. The highest BCUT2D eigenvalue weighted by Gasteiger charge is 2.27. The summed E-state index contributed by atoms with van der Waals surface area (Å²) in [7, 11) is 0. The number of aliphatic carboxylic acids is 1. The van der Waals surface area contributed by atoms with Gasteiger partial charge in [0.05, 0.1) is 18.6 Å². The molecule has 21 heavy (non-hydrogen) atoms. The molecule has 7 heteroatoms. The van der Waals surface area contributed by atoms with Gasteiger partial charge in [0, 0.05) is 0 Å². The fourth-order valence-corrected chi connectivity index (χ4v) is 1.94. The molecule has 2 atom stereocenters. The summed E-state index contributed by atoms with van der Waals surface area (Å²) in [4.78, 5) is 11.1. The van der Waals surface area contributed by atoms with E-state index < -0.39 is 24.6 Å². The van der Waals surface area contributed by atoms with Crippen LogP contribution in [0.2, 0.25) is 0 Å². The molecule has 1 rings (SSSR count). The molecule has 2 N–H and O–H groups in total. The van der Waals surface area contributed by atoms with Crippen molar-refractivity contribution in [2.45, 2.75) is 33.0 Å². The molecule has 0 aliphatic rings. The number of alkyl halides is 2. The molecule has 0 bridgehead atoms. The van der Waals surface area contributed by atoms with E-state index in [0.29, 0.717) is 0 Å². The van der Waals surface area contributed by atoms with Crippen molar-refractivity contribution >= 4 is 5.97 Å². The molecule has 1 aromatic rings. The van der Waals surface area contributed by atoms with E-state index in [9.17, 15) is 18.7 Å². The number of halogens is 2. The summed E-state index contributed by atoms with van der Waals surface area (Å²) < 4.78 is 34.1. The molecule has 0 radical (unpaired) electrons. The molecule has 0 saturated carbocycles. The lowest BCUT2D eigenvalue weighted by Gasteiger charge is -2.19. The van der Waals surface area contributed by atoms with E-state index in [1.165, 1.54) is 18.2 Å². The molecule has 0 aliphatic heterocycles. The van der Waals surface area contributed by atoms with Crippen molar-refractivity contribution in [3.05, 3.63) is 23.8 Å². The molecule has 5 nitrogen and oxygen atoms in total. The number of hydrogen-bond donors (Lipinski definition) is 2. The van der Waals surface area contributed by atoms with E-state index in [-0.39, 0.29) is 30.1 Å². The molecule has 2 unspecified atom stereocenters. The Balaban J connectivity index is 3.09. The number of aliphatic hydroxyl groups is 1. The topological polar surface area (TPSA) is 76.0 Å². The van der Waals surface area contributed by atoms with Crippen LogP contribution in [0.25, 0.3) is 0 Å². The summed E-state index contributed by atoms with van der Waals surface area (Å²) >= 11 is 0. The fraction of sp³-hybridized carbons (Fsp3) is 0.500. The maximum atomic E-state index is 12.3. The summed E-state index contributed by atoms with van der Waals surface area (Å²) in [6.45, 7) is 0.526. The zero-order chi connectivity index (χ0) is 16.0. The SMILES string of the molecule is CCOc1cc(C(O)C(CC)C(=O)O)ccc1OC(F)F. The van der Waals surface area contributed by atoms with Gasteiger partial charge in [-0.2, -0.15) is 8.78 Å². The molecule has 1 aromatic carbocycles. The first-order valence-corrected chi connectivity index (χ1v) is 6.53. The Labute approximate surface area is 121 Å². The van der Waals surface area contributed by atoms with E-state index in [2.05, 4.69) is 4.74 Å². The van der Waals surface area contributed by atoms with Crippen LogP contribution < -0.4 is 9.47 Å². The van der Waals surface area contributed by atoms with Crippen LogP contribution in [0.1, 0.15) is 31.9 Å². The largest absolute Gasteiger partial charge is 0.490 e. The van der Waals surface area contributed by atoms with Crippen LogP contribution in [-0.2, 0) is 4.79 Å². The van der Waals surface area contributed by atoms with Crippen molar-refractivity contribution in [1.29, 1.82) is 0 Å². The predicted octanol–water partition coefficient (Wildman–Crippen LogP) is 2.83. The van der Waals surface area contributed by atoms with Gasteiger partial charge >= 0.3 is 12.6 Å². The highest BCUT2D eigenvalue weighted by molar-refractivity contribution is 5.71. The van der Waals surface area contributed by atoms with E-state index in [1.807, 2.05) is 0 Å². The zero-order valence-corrected chi connectivity index (χ0v) is 11.8. The van der Waals surface area contributed by atoms with Crippen LogP contribution >= 0.6 is 0 Å². The second-order valence-electron chi connectivity index (χ2n) is 4.32. The van der Waals surface area contributed by atoms with E-state index in [1.54, 1.807) is 13.8 Å². The standard InChI is InChI=1S/C14H18F2O5/c1-3-9(13(18)19)12(17)8-5-6-10(21-14(15)16)11(7-8)20-4-2/h5-7,9,12,14,17H,3-4H2,1-2H3,(H,18,19). The molecule has 0 spiro atoms. The first kappa shape index (κ1) is 17.2. The highest BCUT2D eigenvalue weighted by Crippen LogP contribution is 2.34. The quantitative estimate of drug-likeness (QED) is 0.772. The molecule has 0 saturated heterocycles. The number of rotatable bonds is 8.